The molecule has 2 heterocycles. The van der Waals surface area contributed by atoms with Crippen LogP contribution in [0, 0.1) is 0 Å². The molecule has 0 atom stereocenters. The average molecular weight is 182 g/mol. The molecule has 1 aromatic rings. The van der Waals surface area contributed by atoms with Gasteiger partial charge in [0.15, 0.2) is 5.82 Å². The van der Waals surface area contributed by atoms with Gasteiger partial charge in [0.1, 0.15) is 5.76 Å². The highest BCUT2D eigenvalue weighted by molar-refractivity contribution is 5.30. The number of hydrogen-bond acceptors (Lipinski definition) is 4. The van der Waals surface area contributed by atoms with E-state index in [0.29, 0.717) is 5.82 Å². The minimum atomic E-state index is 0.0584. The first-order chi connectivity index (χ1) is 6.21. The summed E-state index contributed by atoms with van der Waals surface area (Å²) in [6, 6.07) is 1.81. The van der Waals surface area contributed by atoms with Crippen molar-refractivity contribution in [3.05, 3.63) is 11.8 Å². The number of ether oxygens (including phenoxy) is 1. The number of nitrogens with zero attached hydrogens (tertiary/aromatic N) is 1. The normalized spacial score (nSPS) is 21.6. The highest BCUT2D eigenvalue weighted by Gasteiger charge is 2.33. The largest absolute Gasteiger partial charge is 0.381 e. The Balaban J connectivity index is 2.22. The number of aromatic nitrogens is 1. The molecule has 4 nitrogen and oxygen atoms in total. The van der Waals surface area contributed by atoms with Crippen molar-refractivity contribution in [2.45, 2.75) is 25.2 Å². The second kappa shape index (κ2) is 3.03. The Morgan fingerprint density at radius 2 is 2.15 bits per heavy atom. The molecule has 0 radical (unpaired) electrons. The molecule has 1 fully saturated rings. The van der Waals surface area contributed by atoms with Gasteiger partial charge in [0.05, 0.1) is 0 Å². The minimum absolute atomic E-state index is 0.0584. The fourth-order valence-corrected chi connectivity index (χ4v) is 1.64. The lowest BCUT2D eigenvalue weighted by Gasteiger charge is -2.30. The average Bonchev–Trinajstić information content (AvgIpc) is 2.54. The van der Waals surface area contributed by atoms with E-state index in [4.69, 9.17) is 15.0 Å². The summed E-state index contributed by atoms with van der Waals surface area (Å²) in [6.45, 7) is 3.74. The van der Waals surface area contributed by atoms with Gasteiger partial charge in [-0.05, 0) is 12.8 Å². The second-order valence-electron chi connectivity index (χ2n) is 3.79. The summed E-state index contributed by atoms with van der Waals surface area (Å²) in [5.74, 6) is 1.34. The summed E-state index contributed by atoms with van der Waals surface area (Å²) in [7, 11) is 0. The summed E-state index contributed by atoms with van der Waals surface area (Å²) in [5.41, 5.74) is 5.57. The molecule has 1 saturated heterocycles. The van der Waals surface area contributed by atoms with Gasteiger partial charge in [0.2, 0.25) is 0 Å². The molecule has 1 aromatic heterocycles. The van der Waals surface area contributed by atoms with E-state index in [2.05, 4.69) is 12.1 Å². The first-order valence-electron chi connectivity index (χ1n) is 4.51. The van der Waals surface area contributed by atoms with Crippen molar-refractivity contribution in [3.8, 4) is 0 Å². The third-order valence-electron chi connectivity index (χ3n) is 2.72. The van der Waals surface area contributed by atoms with Gasteiger partial charge in [-0.2, -0.15) is 0 Å². The lowest BCUT2D eigenvalue weighted by atomic mass is 9.80. The molecule has 0 amide bonds. The maximum absolute atomic E-state index is 5.51. The first kappa shape index (κ1) is 8.56. The lowest BCUT2D eigenvalue weighted by Crippen LogP contribution is -2.30. The monoisotopic (exact) mass is 182 g/mol. The molecule has 0 aliphatic carbocycles. The topological polar surface area (TPSA) is 61.3 Å². The van der Waals surface area contributed by atoms with Gasteiger partial charge < -0.3 is 15.0 Å². The van der Waals surface area contributed by atoms with E-state index >= 15 is 0 Å². The van der Waals surface area contributed by atoms with Crippen LogP contribution < -0.4 is 5.73 Å². The lowest BCUT2D eigenvalue weighted by molar-refractivity contribution is 0.0467. The van der Waals surface area contributed by atoms with Crippen LogP contribution in [0.15, 0.2) is 10.6 Å². The number of nitrogens with two attached hydrogens (primary N) is 1. The van der Waals surface area contributed by atoms with E-state index in [9.17, 15) is 0 Å². The van der Waals surface area contributed by atoms with Gasteiger partial charge in [-0.1, -0.05) is 12.1 Å². The number of anilines is 1. The molecule has 0 aromatic carbocycles. The Labute approximate surface area is 77.0 Å². The summed E-state index contributed by atoms with van der Waals surface area (Å²) in [5, 5.41) is 3.70. The molecule has 13 heavy (non-hydrogen) atoms. The fourth-order valence-electron chi connectivity index (χ4n) is 1.64. The zero-order valence-corrected chi connectivity index (χ0v) is 7.75. The number of rotatable bonds is 1. The molecule has 72 valence electrons. The van der Waals surface area contributed by atoms with Crippen LogP contribution in [0.4, 0.5) is 5.82 Å². The van der Waals surface area contributed by atoms with Gasteiger partial charge in [0.25, 0.3) is 0 Å². The summed E-state index contributed by atoms with van der Waals surface area (Å²) < 4.78 is 10.5. The molecule has 2 rings (SSSR count). The Kier molecular flexibility index (Phi) is 2.00. The SMILES string of the molecule is CC1(c2cc(N)no2)CCOCC1. The summed E-state index contributed by atoms with van der Waals surface area (Å²) in [4.78, 5) is 0. The summed E-state index contributed by atoms with van der Waals surface area (Å²) >= 11 is 0. The molecular formula is C9H14N2O2. The molecule has 0 saturated carbocycles. The minimum Gasteiger partial charge on any atom is -0.381 e. The first-order valence-corrected chi connectivity index (χ1v) is 4.51. The molecular weight excluding hydrogens is 168 g/mol. The predicted molar refractivity (Wildman–Crippen MR) is 48.3 cm³/mol. The van der Waals surface area contributed by atoms with Gasteiger partial charge in [-0.15, -0.1) is 0 Å². The van der Waals surface area contributed by atoms with Crippen molar-refractivity contribution in [2.24, 2.45) is 0 Å². The van der Waals surface area contributed by atoms with Crippen LogP contribution in [0.1, 0.15) is 25.5 Å². The highest BCUT2D eigenvalue weighted by Crippen LogP contribution is 2.34. The van der Waals surface area contributed by atoms with E-state index in [-0.39, 0.29) is 5.41 Å². The molecule has 4 heteroatoms. The quantitative estimate of drug-likeness (QED) is 0.711. The van der Waals surface area contributed by atoms with Gasteiger partial charge in [-0.3, -0.25) is 0 Å². The molecule has 0 unspecified atom stereocenters. The maximum Gasteiger partial charge on any atom is 0.167 e. The van der Waals surface area contributed by atoms with Crippen LogP contribution in [0.3, 0.4) is 0 Å². The maximum atomic E-state index is 5.51. The molecule has 1 aliphatic heterocycles. The Morgan fingerprint density at radius 1 is 1.46 bits per heavy atom. The molecule has 2 N–H and O–H groups in total. The smallest absolute Gasteiger partial charge is 0.167 e. The Morgan fingerprint density at radius 3 is 2.69 bits per heavy atom. The Hall–Kier alpha value is -1.03. The van der Waals surface area contributed by atoms with E-state index < -0.39 is 0 Å². The van der Waals surface area contributed by atoms with Crippen molar-refractivity contribution >= 4 is 5.82 Å². The van der Waals surface area contributed by atoms with E-state index in [1.165, 1.54) is 0 Å². The third-order valence-corrected chi connectivity index (χ3v) is 2.72. The van der Waals surface area contributed by atoms with Gasteiger partial charge >= 0.3 is 0 Å². The van der Waals surface area contributed by atoms with Crippen LogP contribution in [0.25, 0.3) is 0 Å². The van der Waals surface area contributed by atoms with Crippen molar-refractivity contribution in [1.82, 2.24) is 5.16 Å². The Bertz CT molecular complexity index is 290. The van der Waals surface area contributed by atoms with E-state index in [0.717, 1.165) is 31.8 Å². The fraction of sp³-hybridized carbons (Fsp3) is 0.667. The van der Waals surface area contributed by atoms with Gasteiger partial charge in [0, 0.05) is 24.7 Å². The third kappa shape index (κ3) is 1.54. The van der Waals surface area contributed by atoms with E-state index in [1.54, 1.807) is 0 Å². The van der Waals surface area contributed by atoms with Crippen molar-refractivity contribution in [1.29, 1.82) is 0 Å². The molecule has 1 aliphatic rings. The number of hydrogen-bond donors (Lipinski definition) is 1. The molecule has 0 bridgehead atoms. The van der Waals surface area contributed by atoms with Gasteiger partial charge in [-0.25, -0.2) is 0 Å². The van der Waals surface area contributed by atoms with Crippen LogP contribution >= 0.6 is 0 Å². The second-order valence-corrected chi connectivity index (χ2v) is 3.79. The van der Waals surface area contributed by atoms with Crippen LogP contribution in [-0.2, 0) is 10.2 Å². The molecule has 0 spiro atoms. The summed E-state index contributed by atoms with van der Waals surface area (Å²) in [6.07, 6.45) is 1.95. The van der Waals surface area contributed by atoms with Crippen LogP contribution in [0.5, 0.6) is 0 Å². The predicted octanol–water partition coefficient (Wildman–Crippen LogP) is 1.32. The highest BCUT2D eigenvalue weighted by atomic mass is 16.5. The van der Waals surface area contributed by atoms with Crippen molar-refractivity contribution in [3.63, 3.8) is 0 Å². The zero-order chi connectivity index (χ0) is 9.31. The van der Waals surface area contributed by atoms with Crippen molar-refractivity contribution < 1.29 is 9.26 Å². The zero-order valence-electron chi connectivity index (χ0n) is 7.75. The van der Waals surface area contributed by atoms with E-state index in [1.807, 2.05) is 6.07 Å². The van der Waals surface area contributed by atoms with Crippen LogP contribution in [-0.4, -0.2) is 18.4 Å². The van der Waals surface area contributed by atoms with Crippen molar-refractivity contribution in [2.75, 3.05) is 18.9 Å². The number of nitrogen functional groups attached to an aromatic ring is 1. The van der Waals surface area contributed by atoms with Crippen LogP contribution in [0.2, 0.25) is 0 Å². The standard InChI is InChI=1S/C9H14N2O2/c1-9(2-4-12-5-3-9)7-6-8(10)11-13-7/h6H,2-5H2,1H3,(H2,10,11).